The number of quaternary nitrogens is 1. The Hall–Kier alpha value is -2.51. The minimum atomic E-state index is -3.12. The maximum atomic E-state index is 14.2. The number of thiazole rings is 1. The Morgan fingerprint density at radius 2 is 2.21 bits per heavy atom. The van der Waals surface area contributed by atoms with Crippen molar-refractivity contribution in [3.8, 4) is 11.3 Å². The van der Waals surface area contributed by atoms with Crippen molar-refractivity contribution in [1.82, 2.24) is 19.9 Å². The monoisotopic (exact) mass is 425 g/mol. The molecule has 154 valence electrons. The van der Waals surface area contributed by atoms with Gasteiger partial charge in [-0.3, -0.25) is 4.79 Å². The van der Waals surface area contributed by atoms with Crippen LogP contribution >= 0.6 is 11.3 Å². The van der Waals surface area contributed by atoms with Gasteiger partial charge in [-0.05, 0) is 41.5 Å². The van der Waals surface area contributed by atoms with E-state index in [4.69, 9.17) is 5.73 Å². The number of nitrogens with two attached hydrogens (primary N) is 1. The molecule has 0 unspecified atom stereocenters. The van der Waals surface area contributed by atoms with Crippen molar-refractivity contribution in [3.05, 3.63) is 35.6 Å². The van der Waals surface area contributed by atoms with E-state index in [1.807, 2.05) is 0 Å². The second-order valence-corrected chi connectivity index (χ2v) is 7.88. The molecule has 3 heterocycles. The van der Waals surface area contributed by atoms with Crippen LogP contribution in [0.1, 0.15) is 29.1 Å². The molecule has 0 bridgehead atoms. The van der Waals surface area contributed by atoms with Crippen molar-refractivity contribution in [2.24, 2.45) is 5.73 Å². The fourth-order valence-corrected chi connectivity index (χ4v) is 4.32. The molecule has 12 heteroatoms. The summed E-state index contributed by atoms with van der Waals surface area (Å²) in [4.78, 5) is 16.8. The standard InChI is InChI=1S/C17H18F2N6O3S/c18-17(19)6-3-4-10(20)13(17)23-14(26)15-22-12(16(29-15)25(27)28)9-8-21-24-7-2-1-5-11(9)24/h1-2,5,7-8,10,13,27-28H,3-4,6,20H2,(H,23,26)/p+1/t10-,13-/m1/s1. The van der Waals surface area contributed by atoms with Crippen LogP contribution in [-0.4, -0.2) is 48.9 Å². The van der Waals surface area contributed by atoms with Gasteiger partial charge in [0.1, 0.15) is 6.04 Å². The Morgan fingerprint density at radius 1 is 1.41 bits per heavy atom. The van der Waals surface area contributed by atoms with Crippen LogP contribution in [0.3, 0.4) is 0 Å². The molecular weight excluding hydrogens is 406 g/mol. The van der Waals surface area contributed by atoms with Gasteiger partial charge in [-0.1, -0.05) is 6.07 Å². The van der Waals surface area contributed by atoms with Crippen LogP contribution in [0, 0.1) is 0 Å². The number of aromatic nitrogens is 3. The average Bonchev–Trinajstić information content (AvgIpc) is 3.28. The van der Waals surface area contributed by atoms with E-state index in [0.717, 1.165) is 0 Å². The van der Waals surface area contributed by atoms with Gasteiger partial charge in [0.15, 0.2) is 10.7 Å². The summed E-state index contributed by atoms with van der Waals surface area (Å²) in [5, 5.41) is 24.5. The van der Waals surface area contributed by atoms with Crippen LogP contribution in [0.2, 0.25) is 0 Å². The summed E-state index contributed by atoms with van der Waals surface area (Å²) in [6.45, 7) is 0. The Labute approximate surface area is 167 Å². The first-order valence-electron chi connectivity index (χ1n) is 8.91. The molecule has 1 saturated carbocycles. The quantitative estimate of drug-likeness (QED) is 0.397. The lowest BCUT2D eigenvalue weighted by Crippen LogP contribution is -3.01. The first-order valence-corrected chi connectivity index (χ1v) is 9.72. The van der Waals surface area contributed by atoms with Crippen LogP contribution in [0.15, 0.2) is 30.6 Å². The zero-order valence-corrected chi connectivity index (χ0v) is 15.9. The maximum Gasteiger partial charge on any atom is 0.281 e. The third-order valence-corrected chi connectivity index (χ3v) is 5.97. The van der Waals surface area contributed by atoms with Gasteiger partial charge < -0.3 is 11.1 Å². The number of halogens is 2. The molecule has 3 aromatic rings. The summed E-state index contributed by atoms with van der Waals surface area (Å²) in [5.74, 6) is -3.97. The molecule has 1 fully saturated rings. The van der Waals surface area contributed by atoms with Crippen molar-refractivity contribution in [2.75, 3.05) is 0 Å². The third kappa shape index (κ3) is 3.60. The number of alkyl halides is 2. The van der Waals surface area contributed by atoms with Crippen LogP contribution in [0.5, 0.6) is 0 Å². The lowest BCUT2D eigenvalue weighted by atomic mass is 9.87. The highest BCUT2D eigenvalue weighted by Gasteiger charge is 2.47. The van der Waals surface area contributed by atoms with Crippen molar-refractivity contribution in [3.63, 3.8) is 0 Å². The Balaban J connectivity index is 1.69. The summed E-state index contributed by atoms with van der Waals surface area (Å²) >= 11 is 0.690. The van der Waals surface area contributed by atoms with Crippen LogP contribution in [0.25, 0.3) is 16.8 Å². The maximum absolute atomic E-state index is 14.2. The van der Waals surface area contributed by atoms with Gasteiger partial charge >= 0.3 is 0 Å². The molecule has 0 spiro atoms. The number of carbonyl (C=O) groups is 1. The number of nitrogens with one attached hydrogen (secondary N) is 2. The minimum absolute atomic E-state index is 0.0615. The van der Waals surface area contributed by atoms with E-state index in [1.54, 1.807) is 28.9 Å². The fraction of sp³-hybridized carbons (Fsp3) is 0.353. The largest absolute Gasteiger partial charge is 0.340 e. The fourth-order valence-electron chi connectivity index (χ4n) is 3.49. The molecular formula is C17H19F2N6O3S+. The summed E-state index contributed by atoms with van der Waals surface area (Å²) < 4.78 is 30.0. The average molecular weight is 425 g/mol. The second-order valence-electron chi connectivity index (χ2n) is 6.88. The van der Waals surface area contributed by atoms with Crippen molar-refractivity contribution in [2.45, 2.75) is 37.3 Å². The number of nitrogens with zero attached hydrogens (tertiary/aromatic N) is 3. The van der Waals surface area contributed by atoms with E-state index in [0.29, 0.717) is 28.8 Å². The predicted molar refractivity (Wildman–Crippen MR) is 98.5 cm³/mol. The lowest BCUT2D eigenvalue weighted by molar-refractivity contribution is -1.19. The van der Waals surface area contributed by atoms with E-state index < -0.39 is 29.1 Å². The number of fused-ring (bicyclic) bond motifs is 1. The Kier molecular flexibility index (Phi) is 5.04. The molecule has 3 aromatic heterocycles. The second kappa shape index (κ2) is 7.39. The molecule has 2 atom stereocenters. The Morgan fingerprint density at radius 3 is 2.93 bits per heavy atom. The highest BCUT2D eigenvalue weighted by molar-refractivity contribution is 7.17. The van der Waals surface area contributed by atoms with Crippen LogP contribution < -0.4 is 16.3 Å². The molecule has 0 saturated heterocycles. The molecule has 1 aliphatic carbocycles. The molecule has 6 N–H and O–H groups in total. The third-order valence-electron chi connectivity index (χ3n) is 4.92. The topological polar surface area (TPSA) is 130 Å². The molecule has 9 nitrogen and oxygen atoms in total. The van der Waals surface area contributed by atoms with E-state index >= 15 is 0 Å². The summed E-state index contributed by atoms with van der Waals surface area (Å²) in [6, 6.07) is 2.91. The number of hydrogen-bond acceptors (Lipinski definition) is 7. The van der Waals surface area contributed by atoms with Gasteiger partial charge in [0.2, 0.25) is 0 Å². The number of amides is 1. The van der Waals surface area contributed by atoms with Gasteiger partial charge in [-0.2, -0.15) is 15.5 Å². The smallest absolute Gasteiger partial charge is 0.281 e. The number of pyridine rings is 1. The predicted octanol–water partition coefficient (Wildman–Crippen LogP) is 0.997. The normalized spacial score (nSPS) is 21.6. The van der Waals surface area contributed by atoms with Gasteiger partial charge in [-0.25, -0.2) is 18.3 Å². The zero-order chi connectivity index (χ0) is 20.8. The number of carbonyl (C=O) groups excluding carboxylic acids is 1. The first kappa shape index (κ1) is 19.8. The molecule has 1 aliphatic rings. The lowest BCUT2D eigenvalue weighted by Gasteiger charge is -2.36. The molecule has 29 heavy (non-hydrogen) atoms. The van der Waals surface area contributed by atoms with Gasteiger partial charge in [0.05, 0.1) is 17.3 Å². The van der Waals surface area contributed by atoms with E-state index in [2.05, 4.69) is 15.4 Å². The van der Waals surface area contributed by atoms with Crippen molar-refractivity contribution in [1.29, 1.82) is 0 Å². The summed E-state index contributed by atoms with van der Waals surface area (Å²) in [5.41, 5.74) is 7.02. The van der Waals surface area contributed by atoms with Crippen molar-refractivity contribution < 1.29 is 29.2 Å². The molecule has 1 amide bonds. The molecule has 4 rings (SSSR count). The summed E-state index contributed by atoms with van der Waals surface area (Å²) in [6.07, 6.45) is 3.49. The van der Waals surface area contributed by atoms with E-state index in [-0.39, 0.29) is 28.5 Å². The van der Waals surface area contributed by atoms with Gasteiger partial charge in [-0.15, -0.1) is 0 Å². The Bertz CT molecular complexity index is 1050. The number of rotatable bonds is 4. The zero-order valence-electron chi connectivity index (χ0n) is 15.0. The van der Waals surface area contributed by atoms with Gasteiger partial charge in [0.25, 0.3) is 16.8 Å². The van der Waals surface area contributed by atoms with E-state index in [1.165, 1.54) is 6.20 Å². The molecule has 0 aromatic carbocycles. The van der Waals surface area contributed by atoms with Gasteiger partial charge in [0, 0.05) is 18.7 Å². The van der Waals surface area contributed by atoms with Crippen molar-refractivity contribution >= 4 is 27.8 Å². The minimum Gasteiger partial charge on any atom is -0.340 e. The van der Waals surface area contributed by atoms with E-state index in [9.17, 15) is 24.0 Å². The number of hydrogen-bond donors (Lipinski definition) is 5. The van der Waals surface area contributed by atoms with Crippen LogP contribution in [-0.2, 0) is 0 Å². The SMILES string of the molecule is N[C@@H]1CCCC(F)(F)[C@@H]1NC(=O)c1nc(-c2cnn3ccccc23)c([NH+](O)O)s1. The summed E-state index contributed by atoms with van der Waals surface area (Å²) in [7, 11) is 0. The highest BCUT2D eigenvalue weighted by atomic mass is 32.1. The van der Waals surface area contributed by atoms with Crippen LogP contribution in [0.4, 0.5) is 13.8 Å². The molecule has 0 aliphatic heterocycles. The highest BCUT2D eigenvalue weighted by Crippen LogP contribution is 2.35. The molecule has 0 radical (unpaired) electrons. The first-order chi connectivity index (χ1) is 13.8.